The van der Waals surface area contributed by atoms with Crippen LogP contribution in [-0.2, 0) is 0 Å². The van der Waals surface area contributed by atoms with Crippen LogP contribution in [0.25, 0.3) is 6.08 Å². The molecule has 2 rings (SSSR count). The van der Waals surface area contributed by atoms with E-state index < -0.39 is 16.4 Å². The van der Waals surface area contributed by atoms with Crippen LogP contribution in [0.5, 0.6) is 17.2 Å². The van der Waals surface area contributed by atoms with Crippen LogP contribution in [0.3, 0.4) is 0 Å². The zero-order valence-electron chi connectivity index (χ0n) is 13.1. The Balaban J connectivity index is 2.31. The summed E-state index contributed by atoms with van der Waals surface area (Å²) in [5, 5.41) is 20.2. The fourth-order valence-corrected chi connectivity index (χ4v) is 2.06. The van der Waals surface area contributed by atoms with Gasteiger partial charge in [0, 0.05) is 6.07 Å². The molecule has 24 heavy (non-hydrogen) atoms. The molecule has 0 bridgehead atoms. The van der Waals surface area contributed by atoms with Crippen molar-refractivity contribution in [1.29, 1.82) is 0 Å². The van der Waals surface area contributed by atoms with Crippen LogP contribution in [0.2, 0.25) is 0 Å². The summed E-state index contributed by atoms with van der Waals surface area (Å²) in [5.74, 6) is 0.120. The molecule has 0 aliphatic rings. The highest BCUT2D eigenvalue weighted by Gasteiger charge is 2.14. The SMILES string of the molecule is COc1ccc(OC)c(C(=O)/C=C/c2ccc(O)c([N+](=O)[O-])c2)c1. The van der Waals surface area contributed by atoms with Crippen molar-refractivity contribution in [2.75, 3.05) is 14.2 Å². The second kappa shape index (κ2) is 7.28. The summed E-state index contributed by atoms with van der Waals surface area (Å²) >= 11 is 0. The highest BCUT2D eigenvalue weighted by Crippen LogP contribution is 2.28. The molecule has 0 spiro atoms. The minimum absolute atomic E-state index is 0.307. The van der Waals surface area contributed by atoms with Crippen molar-refractivity contribution in [3.8, 4) is 17.2 Å². The second-order valence-electron chi connectivity index (χ2n) is 4.77. The number of rotatable bonds is 6. The zero-order valence-corrected chi connectivity index (χ0v) is 13.1. The first-order chi connectivity index (χ1) is 11.5. The molecule has 0 amide bonds. The Kier molecular flexibility index (Phi) is 5.16. The Hall–Kier alpha value is -3.35. The number of ketones is 1. The monoisotopic (exact) mass is 329 g/mol. The lowest BCUT2D eigenvalue weighted by Crippen LogP contribution is -1.99. The van der Waals surface area contributed by atoms with Gasteiger partial charge in [0.05, 0.1) is 24.7 Å². The molecule has 0 radical (unpaired) electrons. The molecule has 0 heterocycles. The minimum atomic E-state index is -0.695. The summed E-state index contributed by atoms with van der Waals surface area (Å²) in [4.78, 5) is 22.5. The van der Waals surface area contributed by atoms with Crippen LogP contribution in [0.1, 0.15) is 15.9 Å². The van der Waals surface area contributed by atoms with Crippen molar-refractivity contribution in [3.05, 3.63) is 63.7 Å². The van der Waals surface area contributed by atoms with Gasteiger partial charge < -0.3 is 14.6 Å². The van der Waals surface area contributed by atoms with E-state index in [4.69, 9.17) is 9.47 Å². The lowest BCUT2D eigenvalue weighted by molar-refractivity contribution is -0.385. The van der Waals surface area contributed by atoms with Gasteiger partial charge in [-0.15, -0.1) is 0 Å². The fourth-order valence-electron chi connectivity index (χ4n) is 2.06. The number of carbonyl (C=O) groups excluding carboxylic acids is 1. The Labute approximate surface area is 137 Å². The van der Waals surface area contributed by atoms with Gasteiger partial charge in [-0.2, -0.15) is 0 Å². The Morgan fingerprint density at radius 3 is 2.54 bits per heavy atom. The summed E-state index contributed by atoms with van der Waals surface area (Å²) in [5.41, 5.74) is 0.291. The van der Waals surface area contributed by atoms with Crippen LogP contribution >= 0.6 is 0 Å². The van der Waals surface area contributed by atoms with Gasteiger partial charge in [0.2, 0.25) is 0 Å². The summed E-state index contributed by atoms with van der Waals surface area (Å²) < 4.78 is 10.2. The third-order valence-corrected chi connectivity index (χ3v) is 3.30. The maximum Gasteiger partial charge on any atom is 0.311 e. The van der Waals surface area contributed by atoms with Crippen LogP contribution in [-0.4, -0.2) is 30.0 Å². The quantitative estimate of drug-likeness (QED) is 0.378. The third kappa shape index (κ3) is 3.70. The minimum Gasteiger partial charge on any atom is -0.502 e. The summed E-state index contributed by atoms with van der Waals surface area (Å²) in [6.07, 6.45) is 2.70. The van der Waals surface area contributed by atoms with E-state index in [1.54, 1.807) is 18.2 Å². The molecular weight excluding hydrogens is 314 g/mol. The van der Waals surface area contributed by atoms with Crippen molar-refractivity contribution in [2.24, 2.45) is 0 Å². The first kappa shape index (κ1) is 17.0. The van der Waals surface area contributed by atoms with Crippen LogP contribution in [0.4, 0.5) is 5.69 Å². The number of allylic oxidation sites excluding steroid dienone is 1. The van der Waals surface area contributed by atoms with Crippen LogP contribution in [0, 0.1) is 10.1 Å². The van der Waals surface area contributed by atoms with Crippen molar-refractivity contribution in [1.82, 2.24) is 0 Å². The normalized spacial score (nSPS) is 10.6. The number of hydrogen-bond acceptors (Lipinski definition) is 6. The fraction of sp³-hybridized carbons (Fsp3) is 0.118. The van der Waals surface area contributed by atoms with Gasteiger partial charge in [0.1, 0.15) is 11.5 Å². The van der Waals surface area contributed by atoms with E-state index in [9.17, 15) is 20.0 Å². The Morgan fingerprint density at radius 1 is 1.17 bits per heavy atom. The first-order valence-corrected chi connectivity index (χ1v) is 6.88. The van der Waals surface area contributed by atoms with E-state index in [1.807, 2.05) is 0 Å². The summed E-state index contributed by atoms with van der Waals surface area (Å²) in [6.45, 7) is 0. The highest BCUT2D eigenvalue weighted by atomic mass is 16.6. The molecule has 0 saturated carbocycles. The molecule has 0 unspecified atom stereocenters. The second-order valence-corrected chi connectivity index (χ2v) is 4.77. The summed E-state index contributed by atoms with van der Waals surface area (Å²) in [6, 6.07) is 8.68. The highest BCUT2D eigenvalue weighted by molar-refractivity contribution is 6.08. The lowest BCUT2D eigenvalue weighted by Gasteiger charge is -2.07. The number of phenols is 1. The van der Waals surface area contributed by atoms with Crippen molar-refractivity contribution in [3.63, 3.8) is 0 Å². The van der Waals surface area contributed by atoms with Gasteiger partial charge in [-0.05, 0) is 35.9 Å². The molecular formula is C17H15NO6. The smallest absolute Gasteiger partial charge is 0.311 e. The van der Waals surface area contributed by atoms with Crippen molar-refractivity contribution >= 4 is 17.5 Å². The van der Waals surface area contributed by atoms with Gasteiger partial charge in [-0.3, -0.25) is 14.9 Å². The predicted molar refractivity (Wildman–Crippen MR) is 87.7 cm³/mol. The van der Waals surface area contributed by atoms with Crippen LogP contribution < -0.4 is 9.47 Å². The van der Waals surface area contributed by atoms with E-state index in [0.717, 1.165) is 0 Å². The molecule has 0 aromatic heterocycles. The average molecular weight is 329 g/mol. The average Bonchev–Trinajstić information content (AvgIpc) is 2.59. The molecule has 1 N–H and O–H groups in total. The number of hydrogen-bond donors (Lipinski definition) is 1. The third-order valence-electron chi connectivity index (χ3n) is 3.30. The lowest BCUT2D eigenvalue weighted by atomic mass is 10.1. The topological polar surface area (TPSA) is 98.9 Å². The largest absolute Gasteiger partial charge is 0.502 e. The predicted octanol–water partition coefficient (Wildman–Crippen LogP) is 3.21. The Bertz CT molecular complexity index is 813. The van der Waals surface area contributed by atoms with Crippen molar-refractivity contribution < 1.29 is 24.3 Å². The number of ether oxygens (including phenoxy) is 2. The van der Waals surface area contributed by atoms with Gasteiger partial charge in [-0.1, -0.05) is 12.1 Å². The first-order valence-electron chi connectivity index (χ1n) is 6.88. The molecule has 2 aromatic rings. The van der Waals surface area contributed by atoms with E-state index >= 15 is 0 Å². The van der Waals surface area contributed by atoms with Gasteiger partial charge in [0.15, 0.2) is 11.5 Å². The standard InChI is InChI=1S/C17H15NO6/c1-23-12-5-8-17(24-2)13(10-12)15(19)6-3-11-4-7-16(20)14(9-11)18(21)22/h3-10,20H,1-2H3/b6-3+. The molecule has 2 aromatic carbocycles. The Morgan fingerprint density at radius 2 is 1.92 bits per heavy atom. The zero-order chi connectivity index (χ0) is 17.7. The number of nitrogens with zero attached hydrogens (tertiary/aromatic N) is 1. The molecule has 0 aliphatic carbocycles. The number of aromatic hydroxyl groups is 1. The number of nitro groups is 1. The van der Waals surface area contributed by atoms with Crippen molar-refractivity contribution in [2.45, 2.75) is 0 Å². The van der Waals surface area contributed by atoms with E-state index in [0.29, 0.717) is 22.6 Å². The van der Waals surface area contributed by atoms with Gasteiger partial charge in [-0.25, -0.2) is 0 Å². The van der Waals surface area contributed by atoms with Gasteiger partial charge >= 0.3 is 5.69 Å². The number of methoxy groups -OCH3 is 2. The molecule has 0 aliphatic heterocycles. The number of carbonyl (C=O) groups is 1. The number of nitro benzene ring substituents is 1. The number of phenolic OH excluding ortho intramolecular Hbond substituents is 1. The molecule has 0 atom stereocenters. The maximum absolute atomic E-state index is 12.3. The molecule has 7 nitrogen and oxygen atoms in total. The maximum atomic E-state index is 12.3. The number of benzene rings is 2. The van der Waals surface area contributed by atoms with E-state index in [1.165, 1.54) is 44.6 Å². The summed E-state index contributed by atoms with van der Waals surface area (Å²) in [7, 11) is 2.94. The van der Waals surface area contributed by atoms with E-state index in [-0.39, 0.29) is 5.78 Å². The van der Waals surface area contributed by atoms with E-state index in [2.05, 4.69) is 0 Å². The molecule has 0 fully saturated rings. The molecule has 124 valence electrons. The molecule has 7 heteroatoms. The van der Waals surface area contributed by atoms with Gasteiger partial charge in [0.25, 0.3) is 0 Å². The van der Waals surface area contributed by atoms with Crippen LogP contribution in [0.15, 0.2) is 42.5 Å². The molecule has 0 saturated heterocycles.